The van der Waals surface area contributed by atoms with Gasteiger partial charge in [0.1, 0.15) is 5.15 Å². The van der Waals surface area contributed by atoms with Crippen molar-refractivity contribution in [2.45, 2.75) is 19.8 Å². The van der Waals surface area contributed by atoms with Gasteiger partial charge in [-0.25, -0.2) is 4.98 Å². The molecule has 5 heteroatoms. The Hall–Kier alpha value is -1.58. The molecule has 1 aromatic carbocycles. The molecule has 0 amide bonds. The number of benzene rings is 1. The van der Waals surface area contributed by atoms with Gasteiger partial charge in [0.15, 0.2) is 0 Å². The molecule has 0 bridgehead atoms. The van der Waals surface area contributed by atoms with Crippen LogP contribution in [0.25, 0.3) is 0 Å². The van der Waals surface area contributed by atoms with E-state index >= 15 is 0 Å². The van der Waals surface area contributed by atoms with Gasteiger partial charge in [-0.2, -0.15) is 0 Å². The molecule has 0 spiro atoms. The minimum Gasteiger partial charge on any atom is -0.481 e. The van der Waals surface area contributed by atoms with Gasteiger partial charge in [-0.05, 0) is 42.5 Å². The molecule has 1 atom stereocenters. The molecule has 110 valence electrons. The minimum atomic E-state index is -0.843. The molecule has 21 heavy (non-hydrogen) atoms. The molecule has 1 heterocycles. The summed E-state index contributed by atoms with van der Waals surface area (Å²) in [6, 6.07) is 9.32. The molecular formula is C16H15Cl2NO2. The Kier molecular flexibility index (Phi) is 5.21. The second kappa shape index (κ2) is 6.92. The zero-order chi connectivity index (χ0) is 15.4. The van der Waals surface area contributed by atoms with Gasteiger partial charge in [-0.1, -0.05) is 47.5 Å². The number of pyridine rings is 1. The van der Waals surface area contributed by atoms with Crippen molar-refractivity contribution in [2.75, 3.05) is 0 Å². The lowest BCUT2D eigenvalue weighted by atomic mass is 9.91. The summed E-state index contributed by atoms with van der Waals surface area (Å²) < 4.78 is 0. The van der Waals surface area contributed by atoms with E-state index in [0.29, 0.717) is 28.6 Å². The molecule has 0 saturated heterocycles. The molecule has 1 unspecified atom stereocenters. The minimum absolute atomic E-state index is 0.300. The summed E-state index contributed by atoms with van der Waals surface area (Å²) in [5, 5.41) is 10.2. The van der Waals surface area contributed by atoms with E-state index in [1.165, 1.54) is 6.07 Å². The molecular weight excluding hydrogens is 309 g/mol. The molecule has 0 aliphatic rings. The third-order valence-corrected chi connectivity index (χ3v) is 4.00. The summed E-state index contributed by atoms with van der Waals surface area (Å²) in [5.74, 6) is -1.39. The molecule has 0 saturated carbocycles. The Morgan fingerprint density at radius 2 is 1.90 bits per heavy atom. The van der Waals surface area contributed by atoms with Crippen molar-refractivity contribution in [3.63, 3.8) is 0 Å². The van der Waals surface area contributed by atoms with E-state index in [1.54, 1.807) is 6.20 Å². The maximum absolute atomic E-state index is 11.5. The highest BCUT2D eigenvalue weighted by atomic mass is 35.5. The Labute approximate surface area is 133 Å². The van der Waals surface area contributed by atoms with Crippen molar-refractivity contribution < 1.29 is 9.90 Å². The summed E-state index contributed by atoms with van der Waals surface area (Å²) in [6.07, 6.45) is 2.33. The van der Waals surface area contributed by atoms with Crippen LogP contribution in [-0.4, -0.2) is 16.1 Å². The number of aryl methyl sites for hydroxylation is 1. The summed E-state index contributed by atoms with van der Waals surface area (Å²) >= 11 is 11.8. The van der Waals surface area contributed by atoms with Gasteiger partial charge < -0.3 is 5.11 Å². The van der Waals surface area contributed by atoms with Crippen molar-refractivity contribution in [3.8, 4) is 0 Å². The fourth-order valence-electron chi connectivity index (χ4n) is 2.20. The molecule has 3 nitrogen and oxygen atoms in total. The maximum Gasteiger partial charge on any atom is 0.307 e. The van der Waals surface area contributed by atoms with Gasteiger partial charge in [0, 0.05) is 11.2 Å². The first-order valence-electron chi connectivity index (χ1n) is 6.54. The highest BCUT2D eigenvalue weighted by Crippen LogP contribution is 2.24. The lowest BCUT2D eigenvalue weighted by molar-refractivity contribution is -0.141. The molecule has 0 aliphatic heterocycles. The largest absolute Gasteiger partial charge is 0.481 e. The number of aromatic nitrogens is 1. The van der Waals surface area contributed by atoms with Crippen LogP contribution in [0, 0.1) is 12.8 Å². The molecule has 0 fully saturated rings. The third-order valence-electron chi connectivity index (χ3n) is 3.44. The van der Waals surface area contributed by atoms with Crippen molar-refractivity contribution in [1.29, 1.82) is 0 Å². The van der Waals surface area contributed by atoms with Gasteiger partial charge in [0.2, 0.25) is 0 Å². The Morgan fingerprint density at radius 1 is 1.24 bits per heavy atom. The van der Waals surface area contributed by atoms with Crippen LogP contribution in [0.15, 0.2) is 36.5 Å². The number of rotatable bonds is 5. The number of hydrogen-bond acceptors (Lipinski definition) is 2. The number of carboxylic acids is 1. The zero-order valence-electron chi connectivity index (χ0n) is 11.5. The van der Waals surface area contributed by atoms with E-state index < -0.39 is 11.9 Å². The van der Waals surface area contributed by atoms with Gasteiger partial charge in [-0.15, -0.1) is 0 Å². The summed E-state index contributed by atoms with van der Waals surface area (Å²) in [7, 11) is 0. The van der Waals surface area contributed by atoms with Crippen LogP contribution in [0.1, 0.15) is 16.7 Å². The maximum atomic E-state index is 11.5. The van der Waals surface area contributed by atoms with Crippen LogP contribution < -0.4 is 0 Å². The average Bonchev–Trinajstić information content (AvgIpc) is 2.42. The fraction of sp³-hybridized carbons (Fsp3) is 0.250. The molecule has 2 aromatic rings. The highest BCUT2D eigenvalue weighted by Gasteiger charge is 2.21. The lowest BCUT2D eigenvalue weighted by Gasteiger charge is -2.15. The van der Waals surface area contributed by atoms with Gasteiger partial charge in [-0.3, -0.25) is 4.79 Å². The van der Waals surface area contributed by atoms with E-state index in [0.717, 1.165) is 11.1 Å². The fourth-order valence-corrected chi connectivity index (χ4v) is 2.65. The lowest BCUT2D eigenvalue weighted by Crippen LogP contribution is -2.20. The number of aliphatic carboxylic acids is 1. The second-order valence-electron chi connectivity index (χ2n) is 4.97. The van der Waals surface area contributed by atoms with Crippen LogP contribution >= 0.6 is 23.2 Å². The standard InChI is InChI=1S/C16H15Cl2NO2/c1-10-4-2-3-5-11(10)6-12(16(20)21)7-13-9-19-15(18)8-14(13)17/h2-5,8-9,12H,6-7H2,1H3,(H,20,21). The Bertz CT molecular complexity index is 658. The molecule has 0 aliphatic carbocycles. The number of carboxylic acid groups (broad SMARTS) is 1. The SMILES string of the molecule is Cc1ccccc1CC(Cc1cnc(Cl)cc1Cl)C(=O)O. The molecule has 1 N–H and O–H groups in total. The van der Waals surface area contributed by atoms with E-state index in [9.17, 15) is 9.90 Å². The predicted molar refractivity (Wildman–Crippen MR) is 84.0 cm³/mol. The first kappa shape index (κ1) is 15.8. The normalized spacial score (nSPS) is 12.1. The molecule has 0 radical (unpaired) electrons. The van der Waals surface area contributed by atoms with Crippen LogP contribution in [-0.2, 0) is 17.6 Å². The number of nitrogens with zero attached hydrogens (tertiary/aromatic N) is 1. The van der Waals surface area contributed by atoms with Crippen molar-refractivity contribution in [1.82, 2.24) is 4.98 Å². The van der Waals surface area contributed by atoms with Crippen molar-refractivity contribution in [3.05, 3.63) is 63.4 Å². The number of carbonyl (C=O) groups is 1. The predicted octanol–water partition coefficient (Wildman–Crippen LogP) is 4.18. The summed E-state index contributed by atoms with van der Waals surface area (Å²) in [5.41, 5.74) is 2.81. The second-order valence-corrected chi connectivity index (χ2v) is 5.76. The topological polar surface area (TPSA) is 50.2 Å². The smallest absolute Gasteiger partial charge is 0.307 e. The summed E-state index contributed by atoms with van der Waals surface area (Å²) in [4.78, 5) is 15.5. The van der Waals surface area contributed by atoms with Gasteiger partial charge in [0.25, 0.3) is 0 Å². The van der Waals surface area contributed by atoms with Crippen LogP contribution in [0.4, 0.5) is 0 Å². The van der Waals surface area contributed by atoms with Crippen molar-refractivity contribution >= 4 is 29.2 Å². The Balaban J connectivity index is 2.20. The third kappa shape index (κ3) is 4.19. The van der Waals surface area contributed by atoms with Gasteiger partial charge in [0.05, 0.1) is 5.92 Å². The Morgan fingerprint density at radius 3 is 2.52 bits per heavy atom. The quantitative estimate of drug-likeness (QED) is 0.839. The van der Waals surface area contributed by atoms with E-state index in [-0.39, 0.29) is 0 Å². The first-order valence-corrected chi connectivity index (χ1v) is 7.30. The highest BCUT2D eigenvalue weighted by molar-refractivity contribution is 6.34. The average molecular weight is 324 g/mol. The van der Waals surface area contributed by atoms with Crippen LogP contribution in [0.5, 0.6) is 0 Å². The monoisotopic (exact) mass is 323 g/mol. The molecule has 1 aromatic heterocycles. The van der Waals surface area contributed by atoms with Crippen molar-refractivity contribution in [2.24, 2.45) is 5.92 Å². The number of halogens is 2. The number of hydrogen-bond donors (Lipinski definition) is 1. The van der Waals surface area contributed by atoms with E-state index in [2.05, 4.69) is 4.98 Å². The van der Waals surface area contributed by atoms with Gasteiger partial charge >= 0.3 is 5.97 Å². The molecule has 2 rings (SSSR count). The summed E-state index contributed by atoms with van der Waals surface area (Å²) in [6.45, 7) is 1.98. The zero-order valence-corrected chi connectivity index (χ0v) is 13.0. The van der Waals surface area contributed by atoms with E-state index in [1.807, 2.05) is 31.2 Å². The first-order chi connectivity index (χ1) is 9.97. The van der Waals surface area contributed by atoms with E-state index in [4.69, 9.17) is 23.2 Å². The van der Waals surface area contributed by atoms with Crippen LogP contribution in [0.2, 0.25) is 10.2 Å². The van der Waals surface area contributed by atoms with Crippen LogP contribution in [0.3, 0.4) is 0 Å².